The Kier molecular flexibility index (Phi) is 8.91. The van der Waals surface area contributed by atoms with Crippen molar-refractivity contribution in [2.75, 3.05) is 46.4 Å². The normalized spacial score (nSPS) is 18.8. The Labute approximate surface area is 230 Å². The van der Waals surface area contributed by atoms with E-state index in [1.807, 2.05) is 0 Å². The van der Waals surface area contributed by atoms with Crippen molar-refractivity contribution in [3.63, 3.8) is 0 Å². The van der Waals surface area contributed by atoms with Crippen molar-refractivity contribution >= 4 is 41.1 Å². The monoisotopic (exact) mass is 562 g/mol. The molecule has 1 unspecified atom stereocenters. The van der Waals surface area contributed by atoms with Crippen LogP contribution < -0.4 is 5.32 Å². The number of likely N-dealkylation sites (N-methyl/N-ethyl adjacent to an activating group) is 1. The van der Waals surface area contributed by atoms with E-state index in [-0.39, 0.29) is 29.7 Å². The minimum Gasteiger partial charge on any atom is -0.463 e. The molecule has 0 saturated carbocycles. The Balaban J connectivity index is 1.62. The fourth-order valence-corrected chi connectivity index (χ4v) is 5.14. The summed E-state index contributed by atoms with van der Waals surface area (Å²) in [6.07, 6.45) is 0.669. The molecule has 1 N–H and O–H groups in total. The Morgan fingerprint density at radius 3 is 2.61 bits per heavy atom. The van der Waals surface area contributed by atoms with Gasteiger partial charge in [-0.1, -0.05) is 41.4 Å². The summed E-state index contributed by atoms with van der Waals surface area (Å²) >= 11 is 12.7. The van der Waals surface area contributed by atoms with Crippen molar-refractivity contribution in [2.24, 2.45) is 0 Å². The van der Waals surface area contributed by atoms with E-state index in [9.17, 15) is 18.8 Å². The van der Waals surface area contributed by atoms with E-state index in [2.05, 4.69) is 10.2 Å². The topological polar surface area (TPSA) is 82.2 Å². The lowest BCUT2D eigenvalue weighted by Crippen LogP contribution is -2.49. The summed E-state index contributed by atoms with van der Waals surface area (Å²) in [6, 6.07) is 9.45. The summed E-state index contributed by atoms with van der Waals surface area (Å²) < 4.78 is 19.0. The molecule has 8 nitrogen and oxygen atoms in total. The van der Waals surface area contributed by atoms with Crippen molar-refractivity contribution in [3.05, 3.63) is 80.7 Å². The molecule has 0 radical (unpaired) electrons. The van der Waals surface area contributed by atoms with Crippen molar-refractivity contribution in [3.8, 4) is 0 Å². The van der Waals surface area contributed by atoms with Crippen molar-refractivity contribution in [1.82, 2.24) is 20.0 Å². The zero-order valence-electron chi connectivity index (χ0n) is 21.2. The molecule has 0 aromatic heterocycles. The fraction of sp³-hybridized carbons (Fsp3) is 0.370. The summed E-state index contributed by atoms with van der Waals surface area (Å²) in [5.41, 5.74) is 1.55. The lowest BCUT2D eigenvalue weighted by molar-refractivity contribution is -0.139. The Morgan fingerprint density at radius 2 is 1.87 bits per heavy atom. The number of hydrogen-bond acceptors (Lipinski definition) is 5. The first-order valence-electron chi connectivity index (χ1n) is 12.4. The summed E-state index contributed by atoms with van der Waals surface area (Å²) in [5.74, 6) is -1.26. The predicted molar refractivity (Wildman–Crippen MR) is 143 cm³/mol. The molecule has 2 aromatic carbocycles. The third-order valence-corrected chi connectivity index (χ3v) is 7.52. The van der Waals surface area contributed by atoms with Crippen LogP contribution in [-0.4, -0.2) is 79.0 Å². The fourth-order valence-electron chi connectivity index (χ4n) is 4.72. The molecular weight excluding hydrogens is 534 g/mol. The molecule has 2 aliphatic heterocycles. The van der Waals surface area contributed by atoms with Gasteiger partial charge in [0, 0.05) is 51.0 Å². The molecule has 1 fully saturated rings. The van der Waals surface area contributed by atoms with Crippen LogP contribution in [-0.2, 0) is 9.53 Å². The SMILES string of the molecule is CCOC(=O)C1=C(CN2CCCN(C(=O)c3cccc(F)c3)CC2)N(C)C(=O)NC1c1cccc(Cl)c1Cl. The highest BCUT2D eigenvalue weighted by Gasteiger charge is 2.38. The maximum Gasteiger partial charge on any atom is 0.338 e. The van der Waals surface area contributed by atoms with Gasteiger partial charge in [0.1, 0.15) is 5.82 Å². The standard InChI is InChI=1S/C27H29Cl2FN4O4/c1-3-38-26(36)22-21(32(2)27(37)31-24(22)19-9-5-10-20(28)23(19)29)16-33-11-6-12-34(14-13-33)25(35)17-7-4-8-18(30)15-17/h4-5,7-10,15,24H,3,6,11-14,16H2,1-2H3,(H,31,37). The van der Waals surface area contributed by atoms with Crippen molar-refractivity contribution in [2.45, 2.75) is 19.4 Å². The molecule has 11 heteroatoms. The van der Waals surface area contributed by atoms with Crippen LogP contribution >= 0.6 is 23.2 Å². The van der Waals surface area contributed by atoms with Crippen LogP contribution in [0.1, 0.15) is 35.3 Å². The van der Waals surface area contributed by atoms with Gasteiger partial charge in [0.15, 0.2) is 0 Å². The van der Waals surface area contributed by atoms with Gasteiger partial charge in [0.25, 0.3) is 5.91 Å². The molecule has 1 saturated heterocycles. The average Bonchev–Trinajstić information content (AvgIpc) is 3.13. The van der Waals surface area contributed by atoms with Crippen LogP contribution in [0.3, 0.4) is 0 Å². The molecule has 0 bridgehead atoms. The zero-order chi connectivity index (χ0) is 27.4. The van der Waals surface area contributed by atoms with Crippen LogP contribution in [0.5, 0.6) is 0 Å². The van der Waals surface area contributed by atoms with E-state index in [4.69, 9.17) is 27.9 Å². The lowest BCUT2D eigenvalue weighted by atomic mass is 9.94. The second kappa shape index (κ2) is 12.1. The molecule has 2 heterocycles. The molecule has 4 rings (SSSR count). The average molecular weight is 563 g/mol. The number of nitrogens with one attached hydrogen (secondary N) is 1. The largest absolute Gasteiger partial charge is 0.463 e. The van der Waals surface area contributed by atoms with E-state index >= 15 is 0 Å². The number of hydrogen-bond donors (Lipinski definition) is 1. The van der Waals surface area contributed by atoms with E-state index in [0.717, 1.165) is 0 Å². The summed E-state index contributed by atoms with van der Waals surface area (Å²) in [5, 5.41) is 3.39. The smallest absolute Gasteiger partial charge is 0.338 e. The minimum absolute atomic E-state index is 0.157. The highest BCUT2D eigenvalue weighted by atomic mass is 35.5. The number of carbonyl (C=O) groups excluding carboxylic acids is 3. The Morgan fingerprint density at radius 1 is 1.11 bits per heavy atom. The van der Waals surface area contributed by atoms with E-state index in [1.54, 1.807) is 43.1 Å². The summed E-state index contributed by atoms with van der Waals surface area (Å²) in [6.45, 7) is 4.19. The lowest BCUT2D eigenvalue weighted by Gasteiger charge is -2.37. The van der Waals surface area contributed by atoms with Crippen LogP contribution in [0, 0.1) is 5.82 Å². The number of benzene rings is 2. The molecule has 2 aliphatic rings. The maximum atomic E-state index is 13.6. The number of esters is 1. The predicted octanol–water partition coefficient (Wildman–Crippen LogP) is 4.49. The van der Waals surface area contributed by atoms with Gasteiger partial charge in [-0.2, -0.15) is 0 Å². The number of nitrogens with zero attached hydrogens (tertiary/aromatic N) is 3. The van der Waals surface area contributed by atoms with E-state index < -0.39 is 23.9 Å². The van der Waals surface area contributed by atoms with Gasteiger partial charge in [0.2, 0.25) is 0 Å². The first-order chi connectivity index (χ1) is 18.2. The van der Waals surface area contributed by atoms with Gasteiger partial charge in [-0.15, -0.1) is 0 Å². The number of carbonyl (C=O) groups is 3. The van der Waals surface area contributed by atoms with E-state index in [0.29, 0.717) is 54.4 Å². The quantitative estimate of drug-likeness (QED) is 0.524. The third kappa shape index (κ3) is 5.95. The molecule has 202 valence electrons. The van der Waals surface area contributed by atoms with Gasteiger partial charge in [-0.25, -0.2) is 14.0 Å². The zero-order valence-corrected chi connectivity index (χ0v) is 22.7. The second-order valence-corrected chi connectivity index (χ2v) is 9.88. The van der Waals surface area contributed by atoms with Gasteiger partial charge in [-0.3, -0.25) is 14.6 Å². The van der Waals surface area contributed by atoms with Gasteiger partial charge >= 0.3 is 12.0 Å². The third-order valence-electron chi connectivity index (χ3n) is 6.69. The number of amides is 3. The van der Waals surface area contributed by atoms with Crippen LogP contribution in [0.2, 0.25) is 10.0 Å². The number of rotatable bonds is 6. The molecule has 2 aromatic rings. The van der Waals surface area contributed by atoms with Gasteiger partial charge in [-0.05, 0) is 43.2 Å². The van der Waals surface area contributed by atoms with Crippen molar-refractivity contribution < 1.29 is 23.5 Å². The van der Waals surface area contributed by atoms with Crippen LogP contribution in [0.4, 0.5) is 9.18 Å². The van der Waals surface area contributed by atoms with Crippen molar-refractivity contribution in [1.29, 1.82) is 0 Å². The Bertz CT molecular complexity index is 1270. The van der Waals surface area contributed by atoms with Gasteiger partial charge in [0.05, 0.1) is 28.3 Å². The first kappa shape index (κ1) is 27.9. The highest BCUT2D eigenvalue weighted by molar-refractivity contribution is 6.42. The molecule has 38 heavy (non-hydrogen) atoms. The number of halogens is 3. The minimum atomic E-state index is -0.850. The van der Waals surface area contributed by atoms with E-state index in [1.165, 1.54) is 23.1 Å². The number of ether oxygens (including phenoxy) is 1. The maximum absolute atomic E-state index is 13.6. The van der Waals surface area contributed by atoms with Crippen LogP contribution in [0.25, 0.3) is 0 Å². The molecule has 0 spiro atoms. The summed E-state index contributed by atoms with van der Waals surface area (Å²) in [4.78, 5) is 44.4. The second-order valence-electron chi connectivity index (χ2n) is 9.10. The molecule has 1 atom stereocenters. The van der Waals surface area contributed by atoms with Gasteiger partial charge < -0.3 is 15.0 Å². The Hall–Kier alpha value is -3.14. The highest BCUT2D eigenvalue weighted by Crippen LogP contribution is 2.37. The summed E-state index contributed by atoms with van der Waals surface area (Å²) in [7, 11) is 1.59. The molecular formula is C27H29Cl2FN4O4. The molecule has 0 aliphatic carbocycles. The molecule has 3 amide bonds. The first-order valence-corrected chi connectivity index (χ1v) is 13.1. The van der Waals surface area contributed by atoms with Crippen LogP contribution in [0.15, 0.2) is 53.7 Å². The number of urea groups is 1.